The van der Waals surface area contributed by atoms with E-state index in [0.717, 1.165) is 0 Å². The molecule has 0 atom stereocenters. The van der Waals surface area contributed by atoms with E-state index >= 15 is 0 Å². The summed E-state index contributed by atoms with van der Waals surface area (Å²) in [6, 6.07) is 13.4. The van der Waals surface area contributed by atoms with Crippen molar-refractivity contribution in [1.82, 2.24) is 4.98 Å². The number of halogens is 2. The molecule has 6 nitrogen and oxygen atoms in total. The quantitative estimate of drug-likeness (QED) is 0.499. The van der Waals surface area contributed by atoms with Gasteiger partial charge < -0.3 is 18.6 Å². The lowest BCUT2D eigenvalue weighted by Gasteiger charge is -2.07. The van der Waals surface area contributed by atoms with Gasteiger partial charge in [-0.2, -0.15) is 8.78 Å². The minimum Gasteiger partial charge on any atom is -0.497 e. The van der Waals surface area contributed by atoms with E-state index < -0.39 is 18.3 Å². The van der Waals surface area contributed by atoms with E-state index in [1.807, 2.05) is 0 Å². The molecule has 0 N–H and O–H groups in total. The van der Waals surface area contributed by atoms with Crippen LogP contribution in [0.5, 0.6) is 11.5 Å². The van der Waals surface area contributed by atoms with Crippen molar-refractivity contribution in [2.24, 2.45) is 0 Å². The average Bonchev–Trinajstić information content (AvgIpc) is 3.19. The van der Waals surface area contributed by atoms with Gasteiger partial charge in [0.1, 0.15) is 17.2 Å². The lowest BCUT2D eigenvalue weighted by Crippen LogP contribution is -2.14. The summed E-state index contributed by atoms with van der Waals surface area (Å²) in [6.07, 6.45) is -2.84. The van der Waals surface area contributed by atoms with E-state index in [0.29, 0.717) is 28.3 Å². The second kappa shape index (κ2) is 9.18. The molecule has 29 heavy (non-hydrogen) atoms. The maximum atomic E-state index is 13.2. The standard InChI is InChI=1S/C21H19F2NO5/c1-3-27-17(25)12-28-16-10-6-14(7-11-16)19-18(24-21(29-19)20(22)23)13-4-8-15(26-2)9-5-13/h4-11,20H,3,12H2,1-2H3. The number of benzene rings is 2. The van der Waals surface area contributed by atoms with Crippen LogP contribution in [-0.2, 0) is 9.53 Å². The van der Waals surface area contributed by atoms with Crippen LogP contribution in [0.15, 0.2) is 52.9 Å². The molecule has 3 rings (SSSR count). The van der Waals surface area contributed by atoms with Gasteiger partial charge >= 0.3 is 12.4 Å². The highest BCUT2D eigenvalue weighted by molar-refractivity contribution is 5.77. The Labute approximate surface area is 166 Å². The first kappa shape index (κ1) is 20.3. The Bertz CT molecular complexity index is 952. The minimum atomic E-state index is -2.84. The van der Waals surface area contributed by atoms with Crippen molar-refractivity contribution in [3.8, 4) is 34.1 Å². The highest BCUT2D eigenvalue weighted by atomic mass is 19.3. The Balaban J connectivity index is 1.88. The van der Waals surface area contributed by atoms with Gasteiger partial charge in [0.05, 0.1) is 13.7 Å². The summed E-state index contributed by atoms with van der Waals surface area (Å²) in [6.45, 7) is 1.76. The van der Waals surface area contributed by atoms with Crippen LogP contribution in [0.1, 0.15) is 19.2 Å². The monoisotopic (exact) mass is 403 g/mol. The van der Waals surface area contributed by atoms with E-state index in [4.69, 9.17) is 18.6 Å². The molecule has 1 aromatic heterocycles. The van der Waals surface area contributed by atoms with Crippen molar-refractivity contribution in [3.63, 3.8) is 0 Å². The zero-order valence-electron chi connectivity index (χ0n) is 15.9. The Hall–Kier alpha value is -3.42. The molecular formula is C21H19F2NO5. The van der Waals surface area contributed by atoms with Crippen LogP contribution >= 0.6 is 0 Å². The number of aromatic nitrogens is 1. The molecule has 1 heterocycles. The maximum absolute atomic E-state index is 13.2. The third-order valence-electron chi connectivity index (χ3n) is 3.97. The highest BCUT2D eigenvalue weighted by Crippen LogP contribution is 2.36. The molecule has 0 fully saturated rings. The molecule has 0 bridgehead atoms. The number of carbonyl (C=O) groups excluding carboxylic acids is 1. The Morgan fingerprint density at radius 2 is 1.66 bits per heavy atom. The second-order valence-corrected chi connectivity index (χ2v) is 5.88. The van der Waals surface area contributed by atoms with Crippen molar-refractivity contribution in [2.75, 3.05) is 20.3 Å². The van der Waals surface area contributed by atoms with Crippen LogP contribution in [0, 0.1) is 0 Å². The molecule has 0 aliphatic rings. The number of ether oxygens (including phenoxy) is 3. The van der Waals surface area contributed by atoms with Gasteiger partial charge in [0.25, 0.3) is 5.89 Å². The maximum Gasteiger partial charge on any atom is 0.344 e. The molecule has 3 aromatic rings. The molecule has 0 radical (unpaired) electrons. The molecule has 0 saturated carbocycles. The van der Waals surface area contributed by atoms with E-state index in [2.05, 4.69) is 4.98 Å². The largest absolute Gasteiger partial charge is 0.497 e. The van der Waals surface area contributed by atoms with E-state index in [1.165, 1.54) is 7.11 Å². The van der Waals surface area contributed by atoms with Crippen LogP contribution in [0.3, 0.4) is 0 Å². The molecule has 152 valence electrons. The number of alkyl halides is 2. The number of oxazole rings is 1. The summed E-state index contributed by atoms with van der Waals surface area (Å²) in [5.41, 5.74) is 1.45. The first-order valence-corrected chi connectivity index (χ1v) is 8.84. The molecular weight excluding hydrogens is 384 g/mol. The van der Waals surface area contributed by atoms with Crippen molar-refractivity contribution in [1.29, 1.82) is 0 Å². The second-order valence-electron chi connectivity index (χ2n) is 5.88. The van der Waals surface area contributed by atoms with Gasteiger partial charge in [-0.15, -0.1) is 0 Å². The third-order valence-corrected chi connectivity index (χ3v) is 3.97. The van der Waals surface area contributed by atoms with Crippen molar-refractivity contribution < 1.29 is 32.2 Å². The van der Waals surface area contributed by atoms with Gasteiger partial charge in [0, 0.05) is 11.1 Å². The van der Waals surface area contributed by atoms with Gasteiger partial charge in [-0.05, 0) is 55.5 Å². The average molecular weight is 403 g/mol. The number of rotatable bonds is 8. The first-order valence-electron chi connectivity index (χ1n) is 8.84. The lowest BCUT2D eigenvalue weighted by molar-refractivity contribution is -0.145. The summed E-state index contributed by atoms with van der Waals surface area (Å²) in [4.78, 5) is 15.3. The van der Waals surface area contributed by atoms with Gasteiger partial charge in [0.15, 0.2) is 12.4 Å². The van der Waals surface area contributed by atoms with E-state index in [9.17, 15) is 13.6 Å². The normalized spacial score (nSPS) is 10.8. The fourth-order valence-corrected chi connectivity index (χ4v) is 2.62. The summed E-state index contributed by atoms with van der Waals surface area (Å²) >= 11 is 0. The molecule has 2 aromatic carbocycles. The fraction of sp³-hybridized carbons (Fsp3) is 0.238. The van der Waals surface area contributed by atoms with E-state index in [-0.39, 0.29) is 19.0 Å². The Morgan fingerprint density at radius 3 is 2.24 bits per heavy atom. The van der Waals surface area contributed by atoms with Gasteiger partial charge in [-0.3, -0.25) is 0 Å². The van der Waals surface area contributed by atoms with Crippen LogP contribution < -0.4 is 9.47 Å². The topological polar surface area (TPSA) is 70.8 Å². The summed E-state index contributed by atoms with van der Waals surface area (Å²) < 4.78 is 46.9. The number of hydrogen-bond donors (Lipinski definition) is 0. The van der Waals surface area contributed by atoms with E-state index in [1.54, 1.807) is 55.5 Å². The van der Waals surface area contributed by atoms with Crippen LogP contribution in [0.2, 0.25) is 0 Å². The third kappa shape index (κ3) is 4.90. The van der Waals surface area contributed by atoms with Crippen LogP contribution in [0.25, 0.3) is 22.6 Å². The number of hydrogen-bond acceptors (Lipinski definition) is 6. The molecule has 0 spiro atoms. The van der Waals surface area contributed by atoms with Gasteiger partial charge in [-0.1, -0.05) is 0 Å². The Morgan fingerprint density at radius 1 is 1.03 bits per heavy atom. The molecule has 0 unspecified atom stereocenters. The fourth-order valence-electron chi connectivity index (χ4n) is 2.62. The SMILES string of the molecule is CCOC(=O)COc1ccc(-c2oc(C(F)F)nc2-c2ccc(OC)cc2)cc1. The van der Waals surface area contributed by atoms with Crippen molar-refractivity contribution in [2.45, 2.75) is 13.3 Å². The Kier molecular flexibility index (Phi) is 6.43. The minimum absolute atomic E-state index is 0.211. The number of esters is 1. The predicted octanol–water partition coefficient (Wildman–Crippen LogP) is 4.90. The predicted molar refractivity (Wildman–Crippen MR) is 101 cm³/mol. The number of nitrogens with zero attached hydrogens (tertiary/aromatic N) is 1. The summed E-state index contributed by atoms with van der Waals surface area (Å²) in [7, 11) is 1.54. The number of carbonyl (C=O) groups is 1. The number of methoxy groups -OCH3 is 1. The first-order chi connectivity index (χ1) is 14.0. The summed E-state index contributed by atoms with van der Waals surface area (Å²) in [5.74, 6) is 0.142. The molecule has 0 aliphatic heterocycles. The summed E-state index contributed by atoms with van der Waals surface area (Å²) in [5, 5.41) is 0. The zero-order valence-corrected chi connectivity index (χ0v) is 15.9. The van der Waals surface area contributed by atoms with Gasteiger partial charge in [-0.25, -0.2) is 9.78 Å². The molecule has 0 amide bonds. The van der Waals surface area contributed by atoms with Crippen LogP contribution in [-0.4, -0.2) is 31.3 Å². The molecule has 8 heteroatoms. The van der Waals surface area contributed by atoms with Crippen LogP contribution in [0.4, 0.5) is 8.78 Å². The smallest absolute Gasteiger partial charge is 0.344 e. The van der Waals surface area contributed by atoms with Gasteiger partial charge in [0.2, 0.25) is 0 Å². The lowest BCUT2D eigenvalue weighted by atomic mass is 10.1. The molecule has 0 saturated heterocycles. The molecule has 0 aliphatic carbocycles. The zero-order chi connectivity index (χ0) is 20.8. The van der Waals surface area contributed by atoms with Crippen molar-refractivity contribution >= 4 is 5.97 Å². The highest BCUT2D eigenvalue weighted by Gasteiger charge is 2.22. The van der Waals surface area contributed by atoms with Crippen molar-refractivity contribution in [3.05, 3.63) is 54.4 Å².